The van der Waals surface area contributed by atoms with E-state index in [2.05, 4.69) is 20.7 Å². The van der Waals surface area contributed by atoms with Crippen molar-refractivity contribution < 1.29 is 19.0 Å². The van der Waals surface area contributed by atoms with Gasteiger partial charge in [-0.15, -0.1) is 0 Å². The van der Waals surface area contributed by atoms with Gasteiger partial charge < -0.3 is 14.2 Å². The van der Waals surface area contributed by atoms with Crippen LogP contribution in [0.1, 0.15) is 16.1 Å². The average Bonchev–Trinajstić information content (AvgIpc) is 3.24. The second-order valence-electron chi connectivity index (χ2n) is 5.98. The number of hydrogen-bond acceptors (Lipinski definition) is 6. The van der Waals surface area contributed by atoms with Crippen LogP contribution in [0, 0.1) is 0 Å². The molecule has 1 aliphatic heterocycles. The molecule has 4 rings (SSSR count). The highest BCUT2D eigenvalue weighted by Crippen LogP contribution is 2.39. The van der Waals surface area contributed by atoms with Gasteiger partial charge in [0.15, 0.2) is 11.5 Å². The first-order valence-corrected chi connectivity index (χ1v) is 8.66. The van der Waals surface area contributed by atoms with Crippen LogP contribution < -0.4 is 19.6 Å². The lowest BCUT2D eigenvalue weighted by molar-refractivity contribution is 0.0950. The quantitative estimate of drug-likeness (QED) is 0.525. The van der Waals surface area contributed by atoms with Gasteiger partial charge in [-0.2, -0.15) is 10.2 Å². The lowest BCUT2D eigenvalue weighted by Crippen LogP contribution is -2.18. The number of hydrogen-bond donors (Lipinski definition) is 2. The number of carbonyl (C=O) groups excluding carboxylic acids is 1. The molecule has 0 bridgehead atoms. The third-order valence-electron chi connectivity index (χ3n) is 4.12. The second-order valence-corrected chi connectivity index (χ2v) is 5.98. The van der Waals surface area contributed by atoms with Crippen molar-refractivity contribution in [1.29, 1.82) is 0 Å². The highest BCUT2D eigenvalue weighted by molar-refractivity contribution is 5.94. The Bertz CT molecular complexity index is 997. The first-order chi connectivity index (χ1) is 13.7. The topological polar surface area (TPSA) is 97.8 Å². The third-order valence-corrected chi connectivity index (χ3v) is 4.12. The number of aromatic nitrogens is 2. The molecular weight excluding hydrogens is 360 g/mol. The number of carbonyl (C=O) groups is 1. The number of ether oxygens (including phenoxy) is 3. The van der Waals surface area contributed by atoms with E-state index in [1.54, 1.807) is 25.3 Å². The standard InChI is InChI=1S/C20H18N4O4/c1-26-17-9-13(10-18-19(17)28-8-7-27-18)12-21-24-20(25)16-11-15(22-23-16)14-5-3-2-4-6-14/h2-6,9-12H,7-8H2,1H3,(H,22,23)(H,24,25)/b21-12-. The van der Waals surface area contributed by atoms with Crippen LogP contribution in [0.25, 0.3) is 11.3 Å². The molecule has 28 heavy (non-hydrogen) atoms. The van der Waals surface area contributed by atoms with Crippen LogP contribution in [-0.4, -0.2) is 42.6 Å². The minimum Gasteiger partial charge on any atom is -0.493 e. The second kappa shape index (κ2) is 7.83. The predicted octanol–water partition coefficient (Wildman–Crippen LogP) is 2.62. The number of rotatable bonds is 5. The summed E-state index contributed by atoms with van der Waals surface area (Å²) >= 11 is 0. The van der Waals surface area contributed by atoms with Gasteiger partial charge in [-0.05, 0) is 18.2 Å². The van der Waals surface area contributed by atoms with Crippen LogP contribution in [-0.2, 0) is 0 Å². The van der Waals surface area contributed by atoms with E-state index in [1.165, 1.54) is 6.21 Å². The number of amides is 1. The van der Waals surface area contributed by atoms with E-state index in [-0.39, 0.29) is 0 Å². The molecule has 0 aliphatic carbocycles. The third kappa shape index (κ3) is 3.66. The monoisotopic (exact) mass is 378 g/mol. The number of nitrogens with zero attached hydrogens (tertiary/aromatic N) is 2. The number of hydrazone groups is 1. The molecule has 2 aromatic carbocycles. The number of aromatic amines is 1. The molecule has 8 heteroatoms. The fourth-order valence-electron chi connectivity index (χ4n) is 2.79. The maximum absolute atomic E-state index is 12.3. The van der Waals surface area contributed by atoms with Gasteiger partial charge >= 0.3 is 0 Å². The number of benzene rings is 2. The molecule has 142 valence electrons. The first-order valence-electron chi connectivity index (χ1n) is 8.66. The van der Waals surface area contributed by atoms with Crippen molar-refractivity contribution >= 4 is 12.1 Å². The Hall–Kier alpha value is -3.81. The molecule has 0 unspecified atom stereocenters. The van der Waals surface area contributed by atoms with Crippen molar-refractivity contribution in [3.8, 4) is 28.5 Å². The molecule has 2 N–H and O–H groups in total. The fraction of sp³-hybridized carbons (Fsp3) is 0.150. The van der Waals surface area contributed by atoms with E-state index >= 15 is 0 Å². The van der Waals surface area contributed by atoms with Crippen LogP contribution in [0.5, 0.6) is 17.2 Å². The molecule has 0 saturated carbocycles. The lowest BCUT2D eigenvalue weighted by Gasteiger charge is -2.20. The van der Waals surface area contributed by atoms with Crippen LogP contribution in [0.3, 0.4) is 0 Å². The van der Waals surface area contributed by atoms with E-state index in [9.17, 15) is 4.79 Å². The zero-order valence-corrected chi connectivity index (χ0v) is 15.1. The van der Waals surface area contributed by atoms with Gasteiger partial charge in [-0.3, -0.25) is 9.89 Å². The Morgan fingerprint density at radius 3 is 2.86 bits per heavy atom. The van der Waals surface area contributed by atoms with E-state index < -0.39 is 5.91 Å². The SMILES string of the molecule is COc1cc(/C=N\NC(=O)c2cc(-c3ccccc3)n[nH]2)cc2c1OCCO2. The molecule has 1 aromatic heterocycles. The summed E-state index contributed by atoms with van der Waals surface area (Å²) in [6, 6.07) is 14.8. The molecule has 0 atom stereocenters. The van der Waals surface area contributed by atoms with Crippen LogP contribution in [0.2, 0.25) is 0 Å². The molecule has 0 radical (unpaired) electrons. The molecule has 2 heterocycles. The molecule has 0 spiro atoms. The average molecular weight is 378 g/mol. The maximum Gasteiger partial charge on any atom is 0.289 e. The Labute approximate surface area is 161 Å². The zero-order chi connectivity index (χ0) is 19.3. The van der Waals surface area contributed by atoms with Crippen LogP contribution in [0.4, 0.5) is 0 Å². The van der Waals surface area contributed by atoms with Crippen molar-refractivity contribution in [2.24, 2.45) is 5.10 Å². The molecule has 0 saturated heterocycles. The Morgan fingerprint density at radius 2 is 2.04 bits per heavy atom. The smallest absolute Gasteiger partial charge is 0.289 e. The van der Waals surface area contributed by atoms with Crippen molar-refractivity contribution in [1.82, 2.24) is 15.6 Å². The molecular formula is C20H18N4O4. The predicted molar refractivity (Wildman–Crippen MR) is 103 cm³/mol. The zero-order valence-electron chi connectivity index (χ0n) is 15.1. The lowest BCUT2D eigenvalue weighted by atomic mass is 10.1. The Balaban J connectivity index is 1.45. The van der Waals surface area contributed by atoms with E-state index in [0.717, 1.165) is 5.56 Å². The first kappa shape index (κ1) is 17.6. The van der Waals surface area contributed by atoms with Gasteiger partial charge in [-0.25, -0.2) is 5.43 Å². The summed E-state index contributed by atoms with van der Waals surface area (Å²) in [5.41, 5.74) is 5.10. The summed E-state index contributed by atoms with van der Waals surface area (Å²) in [6.45, 7) is 0.944. The largest absolute Gasteiger partial charge is 0.493 e. The van der Waals surface area contributed by atoms with Gasteiger partial charge in [0.1, 0.15) is 18.9 Å². The van der Waals surface area contributed by atoms with E-state index in [0.29, 0.717) is 47.4 Å². The van der Waals surface area contributed by atoms with Crippen molar-refractivity contribution in [2.45, 2.75) is 0 Å². The molecule has 0 fully saturated rings. The van der Waals surface area contributed by atoms with Gasteiger partial charge in [-0.1, -0.05) is 30.3 Å². The van der Waals surface area contributed by atoms with Gasteiger partial charge in [0.05, 0.1) is 19.0 Å². The summed E-state index contributed by atoms with van der Waals surface area (Å²) in [5.74, 6) is 1.31. The molecule has 1 amide bonds. The van der Waals surface area contributed by atoms with Crippen molar-refractivity contribution in [3.05, 3.63) is 59.8 Å². The molecule has 1 aliphatic rings. The minimum atomic E-state index is -0.393. The summed E-state index contributed by atoms with van der Waals surface area (Å²) in [4.78, 5) is 12.3. The highest BCUT2D eigenvalue weighted by atomic mass is 16.6. The van der Waals surface area contributed by atoms with Gasteiger partial charge in [0.2, 0.25) is 5.75 Å². The normalized spacial score (nSPS) is 12.8. The van der Waals surface area contributed by atoms with Crippen LogP contribution in [0.15, 0.2) is 53.6 Å². The van der Waals surface area contributed by atoms with E-state index in [4.69, 9.17) is 14.2 Å². The van der Waals surface area contributed by atoms with E-state index in [1.807, 2.05) is 30.3 Å². The van der Waals surface area contributed by atoms with Gasteiger partial charge in [0.25, 0.3) is 5.91 Å². The number of nitrogens with one attached hydrogen (secondary N) is 2. The molecule has 3 aromatic rings. The van der Waals surface area contributed by atoms with Gasteiger partial charge in [0, 0.05) is 11.1 Å². The summed E-state index contributed by atoms with van der Waals surface area (Å²) in [7, 11) is 1.55. The number of methoxy groups -OCH3 is 1. The number of fused-ring (bicyclic) bond motifs is 1. The fourth-order valence-corrected chi connectivity index (χ4v) is 2.79. The summed E-state index contributed by atoms with van der Waals surface area (Å²) in [6.07, 6.45) is 1.51. The van der Waals surface area contributed by atoms with Crippen molar-refractivity contribution in [3.63, 3.8) is 0 Å². The van der Waals surface area contributed by atoms with Crippen molar-refractivity contribution in [2.75, 3.05) is 20.3 Å². The van der Waals surface area contributed by atoms with Crippen LogP contribution >= 0.6 is 0 Å². The highest BCUT2D eigenvalue weighted by Gasteiger charge is 2.18. The summed E-state index contributed by atoms with van der Waals surface area (Å²) < 4.78 is 16.5. The summed E-state index contributed by atoms with van der Waals surface area (Å²) in [5, 5.41) is 10.9. The maximum atomic E-state index is 12.3. The molecule has 8 nitrogen and oxygen atoms in total. The number of H-pyrrole nitrogens is 1. The Kier molecular flexibility index (Phi) is 4.92. The minimum absolute atomic E-state index is 0.316. The Morgan fingerprint density at radius 1 is 1.21 bits per heavy atom.